The van der Waals surface area contributed by atoms with Crippen LogP contribution in [0.1, 0.15) is 6.42 Å². The summed E-state index contributed by atoms with van der Waals surface area (Å²) < 4.78 is 9.01. The molecule has 0 aliphatic carbocycles. The normalized spacial score (nSPS) is 12.8. The molecule has 0 aliphatic heterocycles. The van der Waals surface area contributed by atoms with Crippen LogP contribution in [0.15, 0.2) is 12.2 Å². The minimum atomic E-state index is -1.26. The van der Waals surface area contributed by atoms with E-state index in [1.54, 1.807) is 6.08 Å². The maximum atomic E-state index is 11.7. The SMILES string of the molecule is COC(=O)CC(NC(=O)C=CC[Si](C)(C)C)C(=O)OC. The van der Waals surface area contributed by atoms with E-state index in [0.717, 1.165) is 6.04 Å². The van der Waals surface area contributed by atoms with Crippen LogP contribution in [0.3, 0.4) is 0 Å². The van der Waals surface area contributed by atoms with E-state index in [1.165, 1.54) is 20.3 Å². The van der Waals surface area contributed by atoms with E-state index < -0.39 is 32.0 Å². The van der Waals surface area contributed by atoms with Gasteiger partial charge in [-0.3, -0.25) is 9.59 Å². The van der Waals surface area contributed by atoms with E-state index in [9.17, 15) is 14.4 Å². The Morgan fingerprint density at radius 3 is 2.20 bits per heavy atom. The number of carbonyl (C=O) groups excluding carboxylic acids is 3. The van der Waals surface area contributed by atoms with Gasteiger partial charge in [0.05, 0.1) is 20.6 Å². The molecule has 1 amide bonds. The first-order valence-corrected chi connectivity index (χ1v) is 10.0. The number of rotatable bonds is 7. The molecule has 0 heterocycles. The Labute approximate surface area is 120 Å². The van der Waals surface area contributed by atoms with Crippen molar-refractivity contribution in [1.29, 1.82) is 0 Å². The zero-order valence-electron chi connectivity index (χ0n) is 12.7. The Morgan fingerprint density at radius 1 is 1.15 bits per heavy atom. The highest BCUT2D eigenvalue weighted by atomic mass is 28.3. The molecule has 6 nitrogen and oxygen atoms in total. The lowest BCUT2D eigenvalue weighted by Crippen LogP contribution is -2.42. The second-order valence-electron chi connectivity index (χ2n) is 5.53. The molecular weight excluding hydrogens is 278 g/mol. The molecule has 0 rings (SSSR count). The predicted octanol–water partition coefficient (Wildman–Crippen LogP) is 1.10. The van der Waals surface area contributed by atoms with Crippen LogP contribution < -0.4 is 5.32 Å². The average Bonchev–Trinajstić information content (AvgIpc) is 2.35. The van der Waals surface area contributed by atoms with Crippen LogP contribution in [0.4, 0.5) is 0 Å². The summed E-state index contributed by atoms with van der Waals surface area (Å²) in [7, 11) is 1.15. The highest BCUT2D eigenvalue weighted by Crippen LogP contribution is 2.08. The summed E-state index contributed by atoms with van der Waals surface area (Å²) in [5, 5.41) is 2.43. The number of hydrogen-bond acceptors (Lipinski definition) is 5. The first kappa shape index (κ1) is 18.4. The summed E-state index contributed by atoms with van der Waals surface area (Å²) in [6.07, 6.45) is 2.91. The van der Waals surface area contributed by atoms with Gasteiger partial charge in [0.25, 0.3) is 0 Å². The lowest BCUT2D eigenvalue weighted by atomic mass is 10.2. The van der Waals surface area contributed by atoms with Crippen LogP contribution in [0.25, 0.3) is 0 Å². The average molecular weight is 301 g/mol. The lowest BCUT2D eigenvalue weighted by Gasteiger charge is -2.14. The topological polar surface area (TPSA) is 81.7 Å². The van der Waals surface area contributed by atoms with Gasteiger partial charge in [0.2, 0.25) is 5.91 Å². The van der Waals surface area contributed by atoms with Crippen molar-refractivity contribution in [1.82, 2.24) is 5.32 Å². The summed E-state index contributed by atoms with van der Waals surface area (Å²) >= 11 is 0. The molecule has 0 spiro atoms. The minimum Gasteiger partial charge on any atom is -0.469 e. The third-order valence-corrected chi connectivity index (χ3v) is 3.86. The number of nitrogens with one attached hydrogen (secondary N) is 1. The van der Waals surface area contributed by atoms with Crippen molar-refractivity contribution in [3.8, 4) is 0 Å². The summed E-state index contributed by atoms with van der Waals surface area (Å²) in [5.41, 5.74) is 0. The highest BCUT2D eigenvalue weighted by Gasteiger charge is 2.24. The number of esters is 2. The Balaban J connectivity index is 4.53. The zero-order valence-corrected chi connectivity index (χ0v) is 13.7. The Bertz CT molecular complexity index is 387. The maximum Gasteiger partial charge on any atom is 0.328 e. The zero-order chi connectivity index (χ0) is 15.8. The second-order valence-corrected chi connectivity index (χ2v) is 11.1. The van der Waals surface area contributed by atoms with Crippen molar-refractivity contribution >= 4 is 25.9 Å². The maximum absolute atomic E-state index is 11.7. The summed E-state index contributed by atoms with van der Waals surface area (Å²) in [5.74, 6) is -1.70. The Morgan fingerprint density at radius 2 is 1.75 bits per heavy atom. The monoisotopic (exact) mass is 301 g/mol. The van der Waals surface area contributed by atoms with E-state index in [4.69, 9.17) is 0 Å². The van der Waals surface area contributed by atoms with Gasteiger partial charge < -0.3 is 14.8 Å². The van der Waals surface area contributed by atoms with Gasteiger partial charge in [0.1, 0.15) is 6.04 Å². The molecule has 114 valence electrons. The van der Waals surface area contributed by atoms with Crippen molar-refractivity contribution in [3.63, 3.8) is 0 Å². The van der Waals surface area contributed by atoms with Crippen LogP contribution in [0.2, 0.25) is 25.7 Å². The van der Waals surface area contributed by atoms with Gasteiger partial charge in [0, 0.05) is 8.07 Å². The van der Waals surface area contributed by atoms with Gasteiger partial charge in [-0.2, -0.15) is 0 Å². The van der Waals surface area contributed by atoms with Crippen LogP contribution in [-0.2, 0) is 23.9 Å². The molecule has 0 bridgehead atoms. The third kappa shape index (κ3) is 8.47. The molecule has 0 aromatic rings. The highest BCUT2D eigenvalue weighted by molar-refractivity contribution is 6.76. The molecule has 0 saturated carbocycles. The molecule has 0 aliphatic rings. The largest absolute Gasteiger partial charge is 0.469 e. The van der Waals surface area contributed by atoms with Crippen molar-refractivity contribution < 1.29 is 23.9 Å². The quantitative estimate of drug-likeness (QED) is 0.432. The van der Waals surface area contributed by atoms with Crippen molar-refractivity contribution in [3.05, 3.63) is 12.2 Å². The van der Waals surface area contributed by atoms with Gasteiger partial charge >= 0.3 is 11.9 Å². The molecular formula is C13H23NO5Si. The fourth-order valence-electron chi connectivity index (χ4n) is 1.32. The van der Waals surface area contributed by atoms with Crippen molar-refractivity contribution in [2.24, 2.45) is 0 Å². The van der Waals surface area contributed by atoms with Crippen LogP contribution in [-0.4, -0.2) is 46.2 Å². The molecule has 7 heteroatoms. The molecule has 1 unspecified atom stereocenters. The minimum absolute atomic E-state index is 0.253. The van der Waals surface area contributed by atoms with Gasteiger partial charge in [-0.05, 0) is 12.1 Å². The van der Waals surface area contributed by atoms with E-state index in [1.807, 2.05) is 0 Å². The third-order valence-electron chi connectivity index (χ3n) is 2.40. The standard InChI is InChI=1S/C13H23NO5Si/c1-18-12(16)9-10(13(17)19-2)14-11(15)7-6-8-20(3,4)5/h6-7,10H,8-9H2,1-5H3,(H,14,15). The van der Waals surface area contributed by atoms with E-state index in [0.29, 0.717) is 0 Å². The van der Waals surface area contributed by atoms with Gasteiger partial charge in [-0.15, -0.1) is 0 Å². The lowest BCUT2D eigenvalue weighted by molar-refractivity contribution is -0.150. The summed E-state index contributed by atoms with van der Waals surface area (Å²) in [6, 6.07) is -0.170. The summed E-state index contributed by atoms with van der Waals surface area (Å²) in [4.78, 5) is 34.3. The summed E-state index contributed by atoms with van der Waals surface area (Å²) in [6.45, 7) is 6.55. The number of hydrogen-bond donors (Lipinski definition) is 1. The number of amides is 1. The fraction of sp³-hybridized carbons (Fsp3) is 0.615. The first-order chi connectivity index (χ1) is 9.19. The Hall–Kier alpha value is -1.63. The van der Waals surface area contributed by atoms with Crippen LogP contribution in [0, 0.1) is 0 Å². The smallest absolute Gasteiger partial charge is 0.328 e. The van der Waals surface area contributed by atoms with Gasteiger partial charge in [0.15, 0.2) is 0 Å². The fourth-order valence-corrected chi connectivity index (χ4v) is 2.15. The van der Waals surface area contributed by atoms with Crippen LogP contribution in [0.5, 0.6) is 0 Å². The first-order valence-electron chi connectivity index (χ1n) is 6.31. The number of methoxy groups -OCH3 is 2. The molecule has 0 aromatic carbocycles. The van der Waals surface area contributed by atoms with Crippen molar-refractivity contribution in [2.75, 3.05) is 14.2 Å². The number of carbonyl (C=O) groups is 3. The molecule has 0 aromatic heterocycles. The van der Waals surface area contributed by atoms with E-state index >= 15 is 0 Å². The second kappa shape index (κ2) is 8.52. The predicted molar refractivity (Wildman–Crippen MR) is 77.9 cm³/mol. The molecule has 1 atom stereocenters. The number of allylic oxidation sites excluding steroid dienone is 1. The molecule has 0 saturated heterocycles. The molecule has 20 heavy (non-hydrogen) atoms. The van der Waals surface area contributed by atoms with Crippen molar-refractivity contribution in [2.45, 2.75) is 38.1 Å². The van der Waals surface area contributed by atoms with E-state index in [2.05, 4.69) is 34.4 Å². The number of ether oxygens (including phenoxy) is 2. The molecule has 0 radical (unpaired) electrons. The Kier molecular flexibility index (Phi) is 7.82. The van der Waals surface area contributed by atoms with Gasteiger partial charge in [-0.1, -0.05) is 25.7 Å². The molecule has 1 N–H and O–H groups in total. The van der Waals surface area contributed by atoms with Crippen LogP contribution >= 0.6 is 0 Å². The van der Waals surface area contributed by atoms with E-state index in [-0.39, 0.29) is 6.42 Å². The molecule has 0 fully saturated rings. The van der Waals surface area contributed by atoms with Gasteiger partial charge in [-0.25, -0.2) is 4.79 Å².